The summed E-state index contributed by atoms with van der Waals surface area (Å²) in [7, 11) is -2.05. The third-order valence-corrected chi connectivity index (χ3v) is 6.20. The smallest absolute Gasteiger partial charge is 0.240 e. The number of hydrogen-bond donors (Lipinski definition) is 1. The van der Waals surface area contributed by atoms with Gasteiger partial charge in [-0.25, -0.2) is 13.1 Å². The summed E-state index contributed by atoms with van der Waals surface area (Å²) in [5, 5.41) is 2.09. The third kappa shape index (κ3) is 4.07. The molecule has 0 aliphatic rings. The third-order valence-electron chi connectivity index (χ3n) is 4.60. The Kier molecular flexibility index (Phi) is 5.68. The van der Waals surface area contributed by atoms with Crippen molar-refractivity contribution in [3.63, 3.8) is 0 Å². The minimum atomic E-state index is -3.62. The van der Waals surface area contributed by atoms with Gasteiger partial charge >= 0.3 is 0 Å². The lowest BCUT2D eigenvalue weighted by molar-refractivity contribution is 0.326. The van der Waals surface area contributed by atoms with Crippen molar-refractivity contribution in [2.24, 2.45) is 0 Å². The predicted octanol–water partition coefficient (Wildman–Crippen LogP) is 3.82. The Bertz CT molecular complexity index is 1060. The molecule has 0 aliphatic heterocycles. The molecule has 27 heavy (non-hydrogen) atoms. The summed E-state index contributed by atoms with van der Waals surface area (Å²) in [5.74, 6) is 1.41. The first-order chi connectivity index (χ1) is 12.9. The Morgan fingerprint density at radius 2 is 1.63 bits per heavy atom. The van der Waals surface area contributed by atoms with Crippen LogP contribution in [0.1, 0.15) is 11.1 Å². The second-order valence-corrected chi connectivity index (χ2v) is 7.97. The van der Waals surface area contributed by atoms with E-state index in [1.807, 2.05) is 49.4 Å². The van der Waals surface area contributed by atoms with Crippen LogP contribution in [0.2, 0.25) is 0 Å². The SMILES string of the molecule is COc1ccc(S(=O)(=O)NCCOc2cccc3ccccc23)c(C)c1C. The molecule has 0 heterocycles. The Balaban J connectivity index is 1.67. The zero-order valence-electron chi connectivity index (χ0n) is 15.7. The van der Waals surface area contributed by atoms with Gasteiger partial charge in [0.15, 0.2) is 0 Å². The number of nitrogens with one attached hydrogen (secondary N) is 1. The van der Waals surface area contributed by atoms with Gasteiger partial charge in [-0.05, 0) is 48.6 Å². The lowest BCUT2D eigenvalue weighted by Crippen LogP contribution is -2.29. The number of ether oxygens (including phenoxy) is 2. The van der Waals surface area contributed by atoms with Gasteiger partial charge in [0.1, 0.15) is 18.1 Å². The van der Waals surface area contributed by atoms with Gasteiger partial charge in [-0.2, -0.15) is 0 Å². The van der Waals surface area contributed by atoms with Crippen molar-refractivity contribution in [3.05, 3.63) is 65.7 Å². The second-order valence-electron chi connectivity index (χ2n) is 6.24. The Hall–Kier alpha value is -2.57. The molecule has 3 rings (SSSR count). The van der Waals surface area contributed by atoms with Gasteiger partial charge in [0, 0.05) is 11.9 Å². The highest BCUT2D eigenvalue weighted by molar-refractivity contribution is 7.89. The summed E-state index contributed by atoms with van der Waals surface area (Å²) in [6.45, 7) is 4.04. The molecule has 5 nitrogen and oxygen atoms in total. The van der Waals surface area contributed by atoms with E-state index in [2.05, 4.69) is 4.72 Å². The van der Waals surface area contributed by atoms with E-state index < -0.39 is 10.0 Å². The maximum atomic E-state index is 12.6. The highest BCUT2D eigenvalue weighted by Crippen LogP contribution is 2.27. The monoisotopic (exact) mass is 385 g/mol. The molecular formula is C21H23NO4S. The zero-order chi connectivity index (χ0) is 19.4. The lowest BCUT2D eigenvalue weighted by Gasteiger charge is -2.14. The molecule has 6 heteroatoms. The first-order valence-corrected chi connectivity index (χ1v) is 10.2. The highest BCUT2D eigenvalue weighted by Gasteiger charge is 2.19. The van der Waals surface area contributed by atoms with Crippen LogP contribution in [0.3, 0.4) is 0 Å². The molecule has 0 unspecified atom stereocenters. The fraction of sp³-hybridized carbons (Fsp3) is 0.238. The van der Waals surface area contributed by atoms with E-state index in [4.69, 9.17) is 9.47 Å². The quantitative estimate of drug-likeness (QED) is 0.628. The van der Waals surface area contributed by atoms with Crippen molar-refractivity contribution in [1.82, 2.24) is 4.72 Å². The molecule has 3 aromatic rings. The summed E-state index contributed by atoms with van der Waals surface area (Å²) in [6, 6.07) is 17.0. The molecule has 0 amide bonds. The molecule has 0 aromatic heterocycles. The van der Waals surface area contributed by atoms with Crippen LogP contribution in [0.15, 0.2) is 59.5 Å². The van der Waals surface area contributed by atoms with Gasteiger partial charge in [0.2, 0.25) is 10.0 Å². The number of hydrogen-bond acceptors (Lipinski definition) is 4. The molecule has 0 atom stereocenters. The summed E-state index contributed by atoms with van der Waals surface area (Å²) >= 11 is 0. The molecule has 0 radical (unpaired) electrons. The highest BCUT2D eigenvalue weighted by atomic mass is 32.2. The van der Waals surface area contributed by atoms with Crippen molar-refractivity contribution in [2.45, 2.75) is 18.7 Å². The Morgan fingerprint density at radius 1 is 0.889 bits per heavy atom. The Morgan fingerprint density at radius 3 is 2.41 bits per heavy atom. The van der Waals surface area contributed by atoms with Crippen LogP contribution in [-0.2, 0) is 10.0 Å². The van der Waals surface area contributed by atoms with Crippen LogP contribution in [0, 0.1) is 13.8 Å². The van der Waals surface area contributed by atoms with Crippen LogP contribution in [0.4, 0.5) is 0 Å². The van der Waals surface area contributed by atoms with E-state index in [0.717, 1.165) is 22.1 Å². The number of benzene rings is 3. The van der Waals surface area contributed by atoms with E-state index in [-0.39, 0.29) is 18.0 Å². The summed E-state index contributed by atoms with van der Waals surface area (Å²) in [5.41, 5.74) is 1.49. The largest absolute Gasteiger partial charge is 0.496 e. The fourth-order valence-electron chi connectivity index (χ4n) is 3.02. The molecule has 0 bridgehead atoms. The van der Waals surface area contributed by atoms with E-state index in [9.17, 15) is 8.42 Å². The van der Waals surface area contributed by atoms with Crippen LogP contribution >= 0.6 is 0 Å². The molecule has 0 aliphatic carbocycles. The number of rotatable bonds is 7. The van der Waals surface area contributed by atoms with Crippen molar-refractivity contribution in [3.8, 4) is 11.5 Å². The second kappa shape index (κ2) is 7.98. The number of sulfonamides is 1. The summed E-state index contributed by atoms with van der Waals surface area (Å²) in [6.07, 6.45) is 0. The van der Waals surface area contributed by atoms with Crippen LogP contribution < -0.4 is 14.2 Å². The average Bonchev–Trinajstić information content (AvgIpc) is 2.67. The van der Waals surface area contributed by atoms with Gasteiger partial charge < -0.3 is 9.47 Å². The molecular weight excluding hydrogens is 362 g/mol. The van der Waals surface area contributed by atoms with E-state index in [1.54, 1.807) is 26.2 Å². The van der Waals surface area contributed by atoms with Crippen molar-refractivity contribution in [1.29, 1.82) is 0 Å². The summed E-state index contributed by atoms with van der Waals surface area (Å²) < 4.78 is 38.9. The maximum Gasteiger partial charge on any atom is 0.240 e. The lowest BCUT2D eigenvalue weighted by atomic mass is 10.1. The first kappa shape index (κ1) is 19.2. The minimum Gasteiger partial charge on any atom is -0.496 e. The van der Waals surface area contributed by atoms with E-state index in [0.29, 0.717) is 11.3 Å². The Labute approximate surface area is 160 Å². The van der Waals surface area contributed by atoms with Crippen molar-refractivity contribution in [2.75, 3.05) is 20.3 Å². The molecule has 1 N–H and O–H groups in total. The van der Waals surface area contributed by atoms with Crippen LogP contribution in [0.5, 0.6) is 11.5 Å². The van der Waals surface area contributed by atoms with E-state index in [1.165, 1.54) is 0 Å². The van der Waals surface area contributed by atoms with Gasteiger partial charge in [-0.3, -0.25) is 0 Å². The molecule has 142 valence electrons. The van der Waals surface area contributed by atoms with Crippen LogP contribution in [-0.4, -0.2) is 28.7 Å². The standard InChI is InChI=1S/C21H23NO4S/c1-15-16(2)21(12-11-19(15)25-3)27(23,24)22-13-14-26-20-10-6-8-17-7-4-5-9-18(17)20/h4-12,22H,13-14H2,1-3H3. The first-order valence-electron chi connectivity index (χ1n) is 8.68. The number of fused-ring (bicyclic) bond motifs is 1. The molecule has 3 aromatic carbocycles. The maximum absolute atomic E-state index is 12.6. The van der Waals surface area contributed by atoms with Gasteiger partial charge in [0.05, 0.1) is 12.0 Å². The molecule has 0 saturated carbocycles. The molecule has 0 fully saturated rings. The summed E-state index contributed by atoms with van der Waals surface area (Å²) in [4.78, 5) is 0.256. The predicted molar refractivity (Wildman–Crippen MR) is 107 cm³/mol. The topological polar surface area (TPSA) is 64.6 Å². The fourth-order valence-corrected chi connectivity index (χ4v) is 4.33. The van der Waals surface area contributed by atoms with Crippen molar-refractivity contribution >= 4 is 20.8 Å². The zero-order valence-corrected chi connectivity index (χ0v) is 16.5. The van der Waals surface area contributed by atoms with Crippen LogP contribution in [0.25, 0.3) is 10.8 Å². The minimum absolute atomic E-state index is 0.177. The molecule has 0 saturated heterocycles. The average molecular weight is 385 g/mol. The van der Waals surface area contributed by atoms with Gasteiger partial charge in [0.25, 0.3) is 0 Å². The normalized spacial score (nSPS) is 11.5. The van der Waals surface area contributed by atoms with Gasteiger partial charge in [-0.1, -0.05) is 36.4 Å². The van der Waals surface area contributed by atoms with Crippen molar-refractivity contribution < 1.29 is 17.9 Å². The van der Waals surface area contributed by atoms with E-state index >= 15 is 0 Å². The van der Waals surface area contributed by atoms with Gasteiger partial charge in [-0.15, -0.1) is 0 Å². The molecule has 0 spiro atoms. The number of methoxy groups -OCH3 is 1.